The van der Waals surface area contributed by atoms with E-state index in [1.807, 2.05) is 23.6 Å². The van der Waals surface area contributed by atoms with Crippen molar-refractivity contribution >= 4 is 35.0 Å². The van der Waals surface area contributed by atoms with E-state index in [4.69, 9.17) is 4.74 Å². The third-order valence-corrected chi connectivity index (χ3v) is 5.37. The van der Waals surface area contributed by atoms with Gasteiger partial charge in [0.25, 0.3) is 0 Å². The molecule has 0 radical (unpaired) electrons. The minimum absolute atomic E-state index is 0.108. The van der Waals surface area contributed by atoms with Gasteiger partial charge in [0.1, 0.15) is 11.0 Å². The number of thiazole rings is 1. The Balaban J connectivity index is 1.69. The monoisotopic (exact) mass is 349 g/mol. The van der Waals surface area contributed by atoms with Crippen molar-refractivity contribution in [3.63, 3.8) is 0 Å². The minimum atomic E-state index is -0.494. The van der Waals surface area contributed by atoms with Gasteiger partial charge in [0.2, 0.25) is 5.91 Å². The number of amides is 1. The topological polar surface area (TPSA) is 72.4 Å². The van der Waals surface area contributed by atoms with Gasteiger partial charge >= 0.3 is 5.97 Å². The van der Waals surface area contributed by atoms with Crippen LogP contribution in [0.15, 0.2) is 29.8 Å². The minimum Gasteiger partial charge on any atom is -0.467 e. The van der Waals surface area contributed by atoms with Crippen molar-refractivity contribution in [2.75, 3.05) is 18.7 Å². The molecular weight excluding hydrogens is 334 g/mol. The Hall–Kier alpha value is -1.93. The van der Waals surface area contributed by atoms with E-state index in [-0.39, 0.29) is 18.3 Å². The summed E-state index contributed by atoms with van der Waals surface area (Å²) in [6, 6.07) is 5.14. The molecule has 3 rings (SSSR count). The second-order valence-corrected chi connectivity index (χ2v) is 6.80. The zero-order valence-electron chi connectivity index (χ0n) is 12.5. The highest BCUT2D eigenvalue weighted by Gasteiger charge is 2.35. The molecule has 3 heterocycles. The van der Waals surface area contributed by atoms with Crippen LogP contribution in [-0.2, 0) is 20.7 Å². The largest absolute Gasteiger partial charge is 0.467 e. The number of aromatic nitrogens is 2. The van der Waals surface area contributed by atoms with Crippen molar-refractivity contribution in [1.29, 1.82) is 0 Å². The van der Waals surface area contributed by atoms with Gasteiger partial charge < -0.3 is 9.64 Å². The van der Waals surface area contributed by atoms with Crippen molar-refractivity contribution < 1.29 is 14.3 Å². The molecule has 1 aliphatic heterocycles. The molecule has 2 aromatic heterocycles. The van der Waals surface area contributed by atoms with Crippen LogP contribution in [0, 0.1) is 0 Å². The summed E-state index contributed by atoms with van der Waals surface area (Å²) in [6.07, 6.45) is 1.89. The molecule has 0 N–H and O–H groups in total. The van der Waals surface area contributed by atoms with E-state index in [0.29, 0.717) is 17.3 Å². The lowest BCUT2D eigenvalue weighted by molar-refractivity contribution is -0.150. The number of pyridine rings is 1. The maximum Gasteiger partial charge on any atom is 0.329 e. The molecule has 8 heteroatoms. The summed E-state index contributed by atoms with van der Waals surface area (Å²) in [5.41, 5.74) is 1.49. The van der Waals surface area contributed by atoms with Gasteiger partial charge in [-0.15, -0.1) is 23.1 Å². The predicted octanol–water partition coefficient (Wildman–Crippen LogP) is 1.82. The summed E-state index contributed by atoms with van der Waals surface area (Å²) in [7, 11) is 1.34. The Morgan fingerprint density at radius 3 is 3.04 bits per heavy atom. The molecule has 1 fully saturated rings. The number of carbonyl (C=O) groups excluding carboxylic acids is 2. The van der Waals surface area contributed by atoms with Crippen LogP contribution in [-0.4, -0.2) is 51.5 Å². The van der Waals surface area contributed by atoms with Crippen molar-refractivity contribution in [2.45, 2.75) is 12.5 Å². The summed E-state index contributed by atoms with van der Waals surface area (Å²) < 4.78 is 4.76. The second kappa shape index (κ2) is 7.10. The number of carbonyl (C=O) groups is 2. The third kappa shape index (κ3) is 3.53. The molecule has 2 aromatic rings. The molecule has 1 saturated heterocycles. The molecule has 1 unspecified atom stereocenters. The van der Waals surface area contributed by atoms with Gasteiger partial charge in [-0.05, 0) is 12.1 Å². The van der Waals surface area contributed by atoms with E-state index in [9.17, 15) is 9.59 Å². The maximum atomic E-state index is 12.4. The molecule has 1 atom stereocenters. The van der Waals surface area contributed by atoms with Crippen molar-refractivity contribution in [1.82, 2.24) is 14.9 Å². The zero-order valence-corrected chi connectivity index (χ0v) is 14.1. The fraction of sp³-hybridized carbons (Fsp3) is 0.333. The number of hydrogen-bond donors (Lipinski definition) is 0. The third-order valence-electron chi connectivity index (χ3n) is 3.44. The number of methoxy groups -OCH3 is 1. The lowest BCUT2D eigenvalue weighted by atomic mass is 10.2. The summed E-state index contributed by atoms with van der Waals surface area (Å²) in [6.45, 7) is 0. The lowest BCUT2D eigenvalue weighted by Gasteiger charge is -2.21. The Morgan fingerprint density at radius 2 is 2.30 bits per heavy atom. The highest BCUT2D eigenvalue weighted by Crippen LogP contribution is 2.25. The van der Waals surface area contributed by atoms with E-state index in [1.165, 1.54) is 18.4 Å². The van der Waals surface area contributed by atoms with Crippen LogP contribution in [0.3, 0.4) is 0 Å². The zero-order chi connectivity index (χ0) is 16.2. The molecule has 0 bridgehead atoms. The van der Waals surface area contributed by atoms with Crippen LogP contribution in [0.5, 0.6) is 0 Å². The quantitative estimate of drug-likeness (QED) is 0.784. The standard InChI is InChI=1S/C15H15N3O3S2/c1-21-15(20)12-8-22-9-18(12)13(19)6-10-7-23-14(17-10)11-4-2-3-5-16-11/h2-5,7,12H,6,8-9H2,1H3. The van der Waals surface area contributed by atoms with Crippen LogP contribution in [0.1, 0.15) is 5.69 Å². The van der Waals surface area contributed by atoms with Crippen LogP contribution < -0.4 is 0 Å². The molecule has 23 heavy (non-hydrogen) atoms. The SMILES string of the molecule is COC(=O)C1CSCN1C(=O)Cc1csc(-c2ccccn2)n1. The summed E-state index contributed by atoms with van der Waals surface area (Å²) >= 11 is 3.01. The van der Waals surface area contributed by atoms with Gasteiger partial charge in [0, 0.05) is 17.3 Å². The molecular formula is C15H15N3O3S2. The van der Waals surface area contributed by atoms with Gasteiger partial charge in [-0.1, -0.05) is 6.07 Å². The molecule has 6 nitrogen and oxygen atoms in total. The number of thioether (sulfide) groups is 1. The van der Waals surface area contributed by atoms with Crippen LogP contribution in [0.2, 0.25) is 0 Å². The number of hydrogen-bond acceptors (Lipinski definition) is 7. The molecule has 120 valence electrons. The van der Waals surface area contributed by atoms with Crippen molar-refractivity contribution in [2.24, 2.45) is 0 Å². The molecule has 1 amide bonds. The lowest BCUT2D eigenvalue weighted by Crippen LogP contribution is -2.43. The average Bonchev–Trinajstić information content (AvgIpc) is 3.24. The summed E-state index contributed by atoms with van der Waals surface area (Å²) in [5.74, 6) is 0.615. The number of rotatable bonds is 4. The predicted molar refractivity (Wildman–Crippen MR) is 89.0 cm³/mol. The molecule has 1 aliphatic rings. The first-order chi connectivity index (χ1) is 11.2. The van der Waals surface area contributed by atoms with Crippen molar-refractivity contribution in [3.05, 3.63) is 35.5 Å². The van der Waals surface area contributed by atoms with Crippen molar-refractivity contribution in [3.8, 4) is 10.7 Å². The van der Waals surface area contributed by atoms with Gasteiger partial charge in [0.05, 0.1) is 30.8 Å². The van der Waals surface area contributed by atoms with E-state index < -0.39 is 6.04 Å². The molecule has 0 spiro atoms. The first-order valence-electron chi connectivity index (χ1n) is 7.00. The molecule has 0 aliphatic carbocycles. The van der Waals surface area contributed by atoms with Crippen LogP contribution in [0.4, 0.5) is 0 Å². The van der Waals surface area contributed by atoms with Crippen LogP contribution >= 0.6 is 23.1 Å². The maximum absolute atomic E-state index is 12.4. The van der Waals surface area contributed by atoms with Gasteiger partial charge in [-0.3, -0.25) is 9.78 Å². The highest BCUT2D eigenvalue weighted by atomic mass is 32.2. The first kappa shape index (κ1) is 15.9. The number of ether oxygens (including phenoxy) is 1. The second-order valence-electron chi connectivity index (χ2n) is 4.94. The number of esters is 1. The summed E-state index contributed by atoms with van der Waals surface area (Å²) in [5, 5.41) is 2.65. The van der Waals surface area contributed by atoms with E-state index >= 15 is 0 Å². The fourth-order valence-electron chi connectivity index (χ4n) is 2.27. The van der Waals surface area contributed by atoms with Gasteiger partial charge in [-0.2, -0.15) is 0 Å². The molecule has 0 saturated carbocycles. The Morgan fingerprint density at radius 1 is 1.43 bits per heavy atom. The van der Waals surface area contributed by atoms with E-state index in [2.05, 4.69) is 9.97 Å². The van der Waals surface area contributed by atoms with E-state index in [1.54, 1.807) is 22.9 Å². The Bertz CT molecular complexity index is 705. The van der Waals surface area contributed by atoms with Gasteiger partial charge in [-0.25, -0.2) is 9.78 Å². The smallest absolute Gasteiger partial charge is 0.329 e. The fourth-order valence-corrected chi connectivity index (χ4v) is 4.23. The van der Waals surface area contributed by atoms with E-state index in [0.717, 1.165) is 10.7 Å². The first-order valence-corrected chi connectivity index (χ1v) is 9.03. The van der Waals surface area contributed by atoms with Gasteiger partial charge in [0.15, 0.2) is 0 Å². The number of nitrogens with zero attached hydrogens (tertiary/aromatic N) is 3. The normalized spacial score (nSPS) is 17.3. The highest BCUT2D eigenvalue weighted by molar-refractivity contribution is 7.99. The Labute approximate surface area is 141 Å². The van der Waals surface area contributed by atoms with Crippen LogP contribution in [0.25, 0.3) is 10.7 Å². The average molecular weight is 349 g/mol. The summed E-state index contributed by atoms with van der Waals surface area (Å²) in [4.78, 5) is 34.5. The Kier molecular flexibility index (Phi) is 4.92. The molecule has 0 aromatic carbocycles.